The van der Waals surface area contributed by atoms with Crippen molar-refractivity contribution in [3.63, 3.8) is 0 Å². The zero-order chi connectivity index (χ0) is 17.9. The van der Waals surface area contributed by atoms with Crippen molar-refractivity contribution < 1.29 is 9.59 Å². The molecule has 1 aliphatic rings. The van der Waals surface area contributed by atoms with E-state index in [-0.39, 0.29) is 11.8 Å². The highest BCUT2D eigenvalue weighted by Crippen LogP contribution is 2.21. The van der Waals surface area contributed by atoms with Crippen LogP contribution in [0, 0.1) is 0 Å². The SMILES string of the molecule is CC(N)(CC[SiH](c1ccccc1)c1ccccc1)N1C(=O)C=CC1=O. The average molecular weight is 350 g/mol. The Morgan fingerprint density at radius 2 is 1.32 bits per heavy atom. The van der Waals surface area contributed by atoms with Crippen LogP contribution < -0.4 is 16.1 Å². The molecule has 5 heteroatoms. The van der Waals surface area contributed by atoms with Gasteiger partial charge >= 0.3 is 0 Å². The summed E-state index contributed by atoms with van der Waals surface area (Å²) in [5, 5.41) is 2.67. The van der Waals surface area contributed by atoms with Crippen LogP contribution in [0.25, 0.3) is 0 Å². The highest BCUT2D eigenvalue weighted by Gasteiger charge is 2.38. The Labute approximate surface area is 149 Å². The van der Waals surface area contributed by atoms with Crippen LogP contribution >= 0.6 is 0 Å². The molecule has 0 aliphatic carbocycles. The molecule has 0 spiro atoms. The molecule has 0 saturated heterocycles. The van der Waals surface area contributed by atoms with Crippen molar-refractivity contribution in [2.45, 2.75) is 25.1 Å². The summed E-state index contributed by atoms with van der Waals surface area (Å²) in [6, 6.07) is 21.7. The normalized spacial score (nSPS) is 16.5. The van der Waals surface area contributed by atoms with Crippen molar-refractivity contribution in [1.29, 1.82) is 0 Å². The number of carbonyl (C=O) groups excluding carboxylic acids is 2. The summed E-state index contributed by atoms with van der Waals surface area (Å²) in [5.74, 6) is -0.653. The Balaban J connectivity index is 1.82. The molecular formula is C20H22N2O2Si. The molecule has 128 valence electrons. The summed E-state index contributed by atoms with van der Waals surface area (Å²) in [7, 11) is -1.48. The van der Waals surface area contributed by atoms with Gasteiger partial charge in [0.25, 0.3) is 11.8 Å². The van der Waals surface area contributed by atoms with Crippen LogP contribution in [0.5, 0.6) is 0 Å². The monoisotopic (exact) mass is 350 g/mol. The second-order valence-electron chi connectivity index (χ2n) is 6.62. The van der Waals surface area contributed by atoms with Gasteiger partial charge in [0.15, 0.2) is 0 Å². The Morgan fingerprint density at radius 1 is 0.880 bits per heavy atom. The van der Waals surface area contributed by atoms with Crippen molar-refractivity contribution in [2.24, 2.45) is 5.73 Å². The second kappa shape index (κ2) is 7.17. The van der Waals surface area contributed by atoms with Gasteiger partial charge in [-0.1, -0.05) is 71.0 Å². The van der Waals surface area contributed by atoms with E-state index in [0.29, 0.717) is 6.42 Å². The van der Waals surface area contributed by atoms with Crippen molar-refractivity contribution in [1.82, 2.24) is 4.90 Å². The second-order valence-corrected chi connectivity index (χ2v) is 9.63. The molecule has 25 heavy (non-hydrogen) atoms. The highest BCUT2D eigenvalue weighted by atomic mass is 28.3. The third-order valence-electron chi connectivity index (χ3n) is 4.66. The molecule has 2 aromatic rings. The maximum atomic E-state index is 12.0. The summed E-state index contributed by atoms with van der Waals surface area (Å²) in [6.45, 7) is 1.76. The number of carbonyl (C=O) groups is 2. The van der Waals surface area contributed by atoms with E-state index in [1.54, 1.807) is 6.92 Å². The lowest BCUT2D eigenvalue weighted by molar-refractivity contribution is -0.143. The lowest BCUT2D eigenvalue weighted by Crippen LogP contribution is -2.57. The van der Waals surface area contributed by atoms with E-state index in [4.69, 9.17) is 5.73 Å². The van der Waals surface area contributed by atoms with E-state index in [1.165, 1.54) is 27.4 Å². The van der Waals surface area contributed by atoms with Gasteiger partial charge in [-0.15, -0.1) is 0 Å². The van der Waals surface area contributed by atoms with Gasteiger partial charge in [-0.25, -0.2) is 0 Å². The van der Waals surface area contributed by atoms with Crippen LogP contribution in [0.2, 0.25) is 6.04 Å². The van der Waals surface area contributed by atoms with Crippen molar-refractivity contribution in [3.8, 4) is 0 Å². The summed E-state index contributed by atoms with van der Waals surface area (Å²) >= 11 is 0. The Morgan fingerprint density at radius 3 is 1.76 bits per heavy atom. The van der Waals surface area contributed by atoms with Crippen molar-refractivity contribution in [2.75, 3.05) is 0 Å². The molecule has 0 bridgehead atoms. The van der Waals surface area contributed by atoms with E-state index in [9.17, 15) is 9.59 Å². The fourth-order valence-corrected chi connectivity index (χ4v) is 6.65. The first kappa shape index (κ1) is 17.3. The summed E-state index contributed by atoms with van der Waals surface area (Å²) in [4.78, 5) is 25.1. The van der Waals surface area contributed by atoms with Gasteiger partial charge in [-0.05, 0) is 19.4 Å². The van der Waals surface area contributed by atoms with Crippen LogP contribution in [0.3, 0.4) is 0 Å². The lowest BCUT2D eigenvalue weighted by Gasteiger charge is -2.34. The first-order chi connectivity index (χ1) is 12.0. The van der Waals surface area contributed by atoms with Crippen LogP contribution in [0.15, 0.2) is 72.8 Å². The number of rotatable bonds is 6. The minimum absolute atomic E-state index is 0.326. The van der Waals surface area contributed by atoms with E-state index < -0.39 is 14.5 Å². The standard InChI is InChI=1S/C20H22N2O2Si/c1-20(21,22-18(23)12-13-19(22)24)14-15-25(16-8-4-2-5-9-16)17-10-6-3-7-11-17/h2-13,25H,14-15,21H2,1H3. The molecule has 3 rings (SSSR count). The van der Waals surface area contributed by atoms with E-state index in [2.05, 4.69) is 48.5 Å². The number of imide groups is 1. The van der Waals surface area contributed by atoms with E-state index in [0.717, 1.165) is 6.04 Å². The number of amides is 2. The topological polar surface area (TPSA) is 63.4 Å². The Bertz CT molecular complexity index is 730. The molecule has 0 aromatic heterocycles. The predicted molar refractivity (Wildman–Crippen MR) is 102 cm³/mol. The third-order valence-corrected chi connectivity index (χ3v) is 7.91. The van der Waals surface area contributed by atoms with Gasteiger partial charge in [0.05, 0.1) is 5.66 Å². The molecule has 0 radical (unpaired) electrons. The minimum atomic E-state index is -1.48. The van der Waals surface area contributed by atoms with Gasteiger partial charge in [0.2, 0.25) is 0 Å². The summed E-state index contributed by atoms with van der Waals surface area (Å²) in [6.07, 6.45) is 3.15. The number of nitrogens with two attached hydrogens (primary N) is 1. The van der Waals surface area contributed by atoms with E-state index >= 15 is 0 Å². The zero-order valence-electron chi connectivity index (χ0n) is 14.3. The van der Waals surface area contributed by atoms with Crippen LogP contribution in [0.4, 0.5) is 0 Å². The van der Waals surface area contributed by atoms with Gasteiger partial charge in [-0.2, -0.15) is 0 Å². The quantitative estimate of drug-likeness (QED) is 0.625. The van der Waals surface area contributed by atoms with E-state index in [1.807, 2.05) is 12.1 Å². The highest BCUT2D eigenvalue weighted by molar-refractivity contribution is 6.85. The van der Waals surface area contributed by atoms with Gasteiger partial charge in [0.1, 0.15) is 8.80 Å². The number of benzene rings is 2. The predicted octanol–water partition coefficient (Wildman–Crippen LogP) is 1.02. The molecule has 4 nitrogen and oxygen atoms in total. The molecule has 1 unspecified atom stereocenters. The smallest absolute Gasteiger partial charge is 0.255 e. The van der Waals surface area contributed by atoms with Gasteiger partial charge in [-0.3, -0.25) is 14.5 Å². The molecule has 2 aromatic carbocycles. The number of hydrogen-bond acceptors (Lipinski definition) is 3. The molecular weight excluding hydrogens is 328 g/mol. The molecule has 0 saturated carbocycles. The lowest BCUT2D eigenvalue weighted by atomic mass is 10.1. The van der Waals surface area contributed by atoms with Crippen molar-refractivity contribution in [3.05, 3.63) is 72.8 Å². The molecule has 2 amide bonds. The van der Waals surface area contributed by atoms with Gasteiger partial charge < -0.3 is 5.73 Å². The van der Waals surface area contributed by atoms with Crippen LogP contribution in [-0.2, 0) is 9.59 Å². The van der Waals surface area contributed by atoms with Gasteiger partial charge in [0, 0.05) is 12.2 Å². The van der Waals surface area contributed by atoms with Crippen LogP contribution in [-0.4, -0.2) is 31.2 Å². The number of hydrogen-bond donors (Lipinski definition) is 1. The zero-order valence-corrected chi connectivity index (χ0v) is 15.4. The Hall–Kier alpha value is -2.50. The average Bonchev–Trinajstić information content (AvgIpc) is 2.96. The fourth-order valence-electron chi connectivity index (χ4n) is 3.35. The molecule has 1 heterocycles. The molecule has 1 atom stereocenters. The first-order valence-electron chi connectivity index (χ1n) is 8.44. The molecule has 1 aliphatic heterocycles. The number of nitrogens with zero attached hydrogens (tertiary/aromatic N) is 1. The first-order valence-corrected chi connectivity index (χ1v) is 10.4. The molecule has 0 fully saturated rings. The summed E-state index contributed by atoms with van der Waals surface area (Å²) < 4.78 is 0. The van der Waals surface area contributed by atoms with Crippen molar-refractivity contribution >= 4 is 31.0 Å². The largest absolute Gasteiger partial charge is 0.308 e. The summed E-state index contributed by atoms with van der Waals surface area (Å²) in [5.41, 5.74) is 5.39. The Kier molecular flexibility index (Phi) is 4.97. The third kappa shape index (κ3) is 3.78. The fraction of sp³-hybridized carbons (Fsp3) is 0.200. The maximum absolute atomic E-state index is 12.0. The minimum Gasteiger partial charge on any atom is -0.308 e. The maximum Gasteiger partial charge on any atom is 0.255 e. The molecule has 2 N–H and O–H groups in total. The van der Waals surface area contributed by atoms with Crippen LogP contribution in [0.1, 0.15) is 13.3 Å².